The molecular weight excluding hydrogens is 370 g/mol. The number of carbonyl (C=O) groups is 1. The summed E-state index contributed by atoms with van der Waals surface area (Å²) in [6, 6.07) is 18.0. The number of fused-ring (bicyclic) bond motifs is 2. The molecule has 5 aromatic rings. The van der Waals surface area contributed by atoms with Crippen LogP contribution in [0.15, 0.2) is 69.5 Å². The zero-order chi connectivity index (χ0) is 20.0. The molecule has 5 rings (SSSR count). The summed E-state index contributed by atoms with van der Waals surface area (Å²) in [6.07, 6.45) is 0. The second-order valence-corrected chi connectivity index (χ2v) is 6.42. The molecule has 0 bridgehead atoms. The van der Waals surface area contributed by atoms with Gasteiger partial charge in [-0.25, -0.2) is 14.8 Å². The first-order valence-corrected chi connectivity index (χ1v) is 8.88. The molecule has 7 nitrogen and oxygen atoms in total. The Kier molecular flexibility index (Phi) is 3.80. The zero-order valence-electron chi connectivity index (χ0n) is 15.4. The van der Waals surface area contributed by atoms with Crippen molar-refractivity contribution in [2.75, 3.05) is 12.8 Å². The highest BCUT2D eigenvalue weighted by atomic mass is 16.5. The number of rotatable bonds is 3. The number of esters is 1. The van der Waals surface area contributed by atoms with Crippen LogP contribution in [0.2, 0.25) is 0 Å². The van der Waals surface area contributed by atoms with Gasteiger partial charge in [0.05, 0.1) is 23.8 Å². The highest BCUT2D eigenvalue weighted by Crippen LogP contribution is 2.34. The van der Waals surface area contributed by atoms with Gasteiger partial charge in [-0.05, 0) is 36.4 Å². The molecule has 2 N–H and O–H groups in total. The summed E-state index contributed by atoms with van der Waals surface area (Å²) in [6.45, 7) is 0. The van der Waals surface area contributed by atoms with Gasteiger partial charge in [0.1, 0.15) is 11.0 Å². The molecular formula is C22H15N3O4. The average molecular weight is 385 g/mol. The van der Waals surface area contributed by atoms with Gasteiger partial charge in [-0.1, -0.05) is 24.3 Å². The van der Waals surface area contributed by atoms with E-state index in [1.807, 2.05) is 36.4 Å². The van der Waals surface area contributed by atoms with Crippen molar-refractivity contribution in [3.8, 4) is 22.9 Å². The number of nitrogen functional groups attached to an aromatic ring is 1. The van der Waals surface area contributed by atoms with Gasteiger partial charge in [-0.3, -0.25) is 0 Å². The number of methoxy groups -OCH3 is 1. The van der Waals surface area contributed by atoms with E-state index >= 15 is 0 Å². The molecule has 3 aromatic carbocycles. The molecule has 0 aliphatic rings. The van der Waals surface area contributed by atoms with Crippen LogP contribution in [0.3, 0.4) is 0 Å². The molecule has 0 saturated heterocycles. The average Bonchev–Trinajstić information content (AvgIpc) is 3.37. The summed E-state index contributed by atoms with van der Waals surface area (Å²) < 4.78 is 16.7. The normalized spacial score (nSPS) is 11.2. The Morgan fingerprint density at radius 1 is 0.828 bits per heavy atom. The van der Waals surface area contributed by atoms with Crippen molar-refractivity contribution in [2.45, 2.75) is 0 Å². The molecule has 29 heavy (non-hydrogen) atoms. The number of anilines is 1. The molecule has 7 heteroatoms. The van der Waals surface area contributed by atoms with E-state index in [9.17, 15) is 4.79 Å². The molecule has 0 fully saturated rings. The molecule has 0 amide bonds. The third-order valence-electron chi connectivity index (χ3n) is 4.66. The van der Waals surface area contributed by atoms with E-state index in [2.05, 4.69) is 9.97 Å². The molecule has 0 aliphatic carbocycles. The highest BCUT2D eigenvalue weighted by molar-refractivity contribution is 6.02. The number of benzene rings is 3. The summed E-state index contributed by atoms with van der Waals surface area (Å²) in [5.74, 6) is 0.275. The lowest BCUT2D eigenvalue weighted by Crippen LogP contribution is -2.01. The summed E-state index contributed by atoms with van der Waals surface area (Å²) in [7, 11) is 1.33. The van der Waals surface area contributed by atoms with Gasteiger partial charge in [0.25, 0.3) is 0 Å². The lowest BCUT2D eigenvalue weighted by molar-refractivity contribution is 0.0602. The predicted octanol–water partition coefficient (Wildman–Crippen LogP) is 4.67. The molecule has 0 spiro atoms. The van der Waals surface area contributed by atoms with Crippen LogP contribution < -0.4 is 5.73 Å². The number of aromatic nitrogens is 2. The van der Waals surface area contributed by atoms with Crippen LogP contribution in [0, 0.1) is 0 Å². The number of ether oxygens (including phenoxy) is 1. The lowest BCUT2D eigenvalue weighted by atomic mass is 10.2. The van der Waals surface area contributed by atoms with E-state index in [1.165, 1.54) is 7.11 Å². The smallest absolute Gasteiger partial charge is 0.340 e. The zero-order valence-corrected chi connectivity index (χ0v) is 15.4. The second-order valence-electron chi connectivity index (χ2n) is 6.42. The van der Waals surface area contributed by atoms with Crippen molar-refractivity contribution < 1.29 is 18.4 Å². The quantitative estimate of drug-likeness (QED) is 0.355. The van der Waals surface area contributed by atoms with Crippen molar-refractivity contribution >= 4 is 33.9 Å². The summed E-state index contributed by atoms with van der Waals surface area (Å²) in [5, 5.41) is 0. The van der Waals surface area contributed by atoms with E-state index in [0.29, 0.717) is 56.4 Å². The van der Waals surface area contributed by atoms with E-state index in [1.54, 1.807) is 24.3 Å². The van der Waals surface area contributed by atoms with Crippen LogP contribution in [0.25, 0.3) is 45.1 Å². The number of nitrogens with zero attached hydrogens (tertiary/aromatic N) is 2. The summed E-state index contributed by atoms with van der Waals surface area (Å²) in [5.41, 5.74) is 10.4. The predicted molar refractivity (Wildman–Crippen MR) is 108 cm³/mol. The van der Waals surface area contributed by atoms with Crippen molar-refractivity contribution in [2.24, 2.45) is 0 Å². The molecule has 2 heterocycles. The fourth-order valence-corrected chi connectivity index (χ4v) is 3.27. The number of para-hydroxylation sites is 3. The minimum atomic E-state index is -0.475. The van der Waals surface area contributed by atoms with Crippen LogP contribution >= 0.6 is 0 Å². The fraction of sp³-hybridized carbons (Fsp3) is 0.0455. The third kappa shape index (κ3) is 2.71. The van der Waals surface area contributed by atoms with Gasteiger partial charge in [-0.2, -0.15) is 0 Å². The SMILES string of the molecule is COC(=O)c1cccc2oc(-c3cccc4oc(-c5ccccc5N)nc34)nc12. The number of hydrogen-bond acceptors (Lipinski definition) is 7. The maximum absolute atomic E-state index is 12.0. The third-order valence-corrected chi connectivity index (χ3v) is 4.66. The number of carbonyl (C=O) groups excluding carboxylic acids is 1. The van der Waals surface area contributed by atoms with Gasteiger partial charge in [0.15, 0.2) is 11.2 Å². The molecule has 2 aromatic heterocycles. The second kappa shape index (κ2) is 6.49. The van der Waals surface area contributed by atoms with Crippen molar-refractivity contribution in [3.05, 3.63) is 66.2 Å². The first-order chi connectivity index (χ1) is 14.2. The van der Waals surface area contributed by atoms with Crippen LogP contribution in [0.4, 0.5) is 5.69 Å². The van der Waals surface area contributed by atoms with Gasteiger partial charge >= 0.3 is 5.97 Å². The Hall–Kier alpha value is -4.13. The minimum Gasteiger partial charge on any atom is -0.465 e. The number of hydrogen-bond donors (Lipinski definition) is 1. The number of nitrogens with two attached hydrogens (primary N) is 1. The molecule has 0 atom stereocenters. The fourth-order valence-electron chi connectivity index (χ4n) is 3.27. The van der Waals surface area contributed by atoms with Crippen LogP contribution in [0.1, 0.15) is 10.4 Å². The van der Waals surface area contributed by atoms with Gasteiger partial charge in [-0.15, -0.1) is 0 Å². The largest absolute Gasteiger partial charge is 0.465 e. The molecule has 0 radical (unpaired) electrons. The monoisotopic (exact) mass is 385 g/mol. The van der Waals surface area contributed by atoms with E-state index in [4.69, 9.17) is 19.3 Å². The van der Waals surface area contributed by atoms with E-state index in [-0.39, 0.29) is 0 Å². The lowest BCUT2D eigenvalue weighted by Gasteiger charge is -1.98. The van der Waals surface area contributed by atoms with Crippen molar-refractivity contribution in [1.29, 1.82) is 0 Å². The molecule has 142 valence electrons. The first-order valence-electron chi connectivity index (χ1n) is 8.88. The van der Waals surface area contributed by atoms with Crippen LogP contribution in [0.5, 0.6) is 0 Å². The molecule has 0 saturated carbocycles. The highest BCUT2D eigenvalue weighted by Gasteiger charge is 2.20. The molecule has 0 unspecified atom stereocenters. The Morgan fingerprint density at radius 2 is 1.45 bits per heavy atom. The Balaban J connectivity index is 1.70. The molecule has 0 aliphatic heterocycles. The summed E-state index contributed by atoms with van der Waals surface area (Å²) in [4.78, 5) is 21.2. The van der Waals surface area contributed by atoms with Gasteiger partial charge in [0, 0.05) is 5.69 Å². The first kappa shape index (κ1) is 17.0. The maximum atomic E-state index is 12.0. The standard InChI is InChI=1S/C22H15N3O4/c1-27-22(26)14-8-5-11-17-19(14)25-21(29-17)13-7-4-10-16-18(13)24-20(28-16)12-6-2-3-9-15(12)23/h2-11H,23H2,1H3. The maximum Gasteiger partial charge on any atom is 0.340 e. The number of oxazole rings is 2. The van der Waals surface area contributed by atoms with E-state index in [0.717, 1.165) is 0 Å². The van der Waals surface area contributed by atoms with Crippen molar-refractivity contribution in [1.82, 2.24) is 9.97 Å². The Labute approximate surface area is 164 Å². The topological polar surface area (TPSA) is 104 Å². The van der Waals surface area contributed by atoms with Crippen molar-refractivity contribution in [3.63, 3.8) is 0 Å². The Morgan fingerprint density at radius 3 is 2.21 bits per heavy atom. The van der Waals surface area contributed by atoms with E-state index < -0.39 is 5.97 Å². The van der Waals surface area contributed by atoms with Gasteiger partial charge in [0.2, 0.25) is 11.8 Å². The van der Waals surface area contributed by atoms with Crippen LogP contribution in [-0.2, 0) is 4.74 Å². The Bertz CT molecular complexity index is 1380. The van der Waals surface area contributed by atoms with Crippen LogP contribution in [-0.4, -0.2) is 23.0 Å². The van der Waals surface area contributed by atoms with Gasteiger partial charge < -0.3 is 19.3 Å². The minimum absolute atomic E-state index is 0.336. The summed E-state index contributed by atoms with van der Waals surface area (Å²) >= 11 is 0.